The van der Waals surface area contributed by atoms with Crippen LogP contribution in [0.2, 0.25) is 0 Å². The van der Waals surface area contributed by atoms with Gasteiger partial charge in [0.1, 0.15) is 11.6 Å². The van der Waals surface area contributed by atoms with E-state index in [1.165, 1.54) is 31.4 Å². The summed E-state index contributed by atoms with van der Waals surface area (Å²) in [5.41, 5.74) is 0.413. The smallest absolute Gasteiger partial charge is 0.128 e. The predicted octanol–water partition coefficient (Wildman–Crippen LogP) is 3.81. The average Bonchev–Trinajstić information content (AvgIpc) is 3.11. The van der Waals surface area contributed by atoms with E-state index in [0.717, 1.165) is 24.9 Å². The van der Waals surface area contributed by atoms with Crippen molar-refractivity contribution in [3.63, 3.8) is 0 Å². The number of rotatable bonds is 6. The van der Waals surface area contributed by atoms with Gasteiger partial charge in [0.05, 0.1) is 0 Å². The van der Waals surface area contributed by atoms with Crippen LogP contribution in [0.25, 0.3) is 0 Å². The van der Waals surface area contributed by atoms with Crippen LogP contribution < -0.4 is 5.32 Å². The van der Waals surface area contributed by atoms with E-state index < -0.39 is 0 Å². The Morgan fingerprint density at radius 2 is 2.12 bits per heavy atom. The van der Waals surface area contributed by atoms with Crippen LogP contribution in [-0.2, 0) is 0 Å². The van der Waals surface area contributed by atoms with E-state index in [0.29, 0.717) is 5.56 Å². The fourth-order valence-corrected chi connectivity index (χ4v) is 2.07. The molecule has 94 valence electrons. The predicted molar refractivity (Wildman–Crippen MR) is 64.7 cm³/mol. The highest BCUT2D eigenvalue weighted by Gasteiger charge is 2.20. The van der Waals surface area contributed by atoms with Crippen LogP contribution >= 0.6 is 0 Å². The molecule has 2 rings (SSSR count). The molecule has 0 aliphatic heterocycles. The number of hydrogen-bond donors (Lipinski definition) is 1. The lowest BCUT2D eigenvalue weighted by atomic mass is 10.1. The molecule has 1 aliphatic rings. The van der Waals surface area contributed by atoms with Gasteiger partial charge in [0.2, 0.25) is 0 Å². The fourth-order valence-electron chi connectivity index (χ4n) is 2.07. The van der Waals surface area contributed by atoms with Crippen molar-refractivity contribution in [2.45, 2.75) is 38.6 Å². The van der Waals surface area contributed by atoms with Crippen molar-refractivity contribution in [3.8, 4) is 0 Å². The summed E-state index contributed by atoms with van der Waals surface area (Å²) >= 11 is 0. The van der Waals surface area contributed by atoms with E-state index in [4.69, 9.17) is 0 Å². The maximum absolute atomic E-state index is 13.5. The average molecular weight is 239 g/mol. The molecule has 0 radical (unpaired) electrons. The molecule has 1 aromatic carbocycles. The van der Waals surface area contributed by atoms with Gasteiger partial charge in [-0.15, -0.1) is 0 Å². The van der Waals surface area contributed by atoms with Crippen molar-refractivity contribution in [1.82, 2.24) is 5.32 Å². The van der Waals surface area contributed by atoms with Gasteiger partial charge in [-0.1, -0.05) is 12.8 Å². The van der Waals surface area contributed by atoms with Crippen LogP contribution in [0, 0.1) is 17.6 Å². The Bertz CT molecular complexity index is 374. The number of halogens is 2. The minimum absolute atomic E-state index is 0.134. The molecule has 1 aliphatic carbocycles. The molecule has 3 heteroatoms. The monoisotopic (exact) mass is 239 g/mol. The summed E-state index contributed by atoms with van der Waals surface area (Å²) in [6, 6.07) is 3.48. The Kier molecular flexibility index (Phi) is 4.11. The summed E-state index contributed by atoms with van der Waals surface area (Å²) in [6.07, 6.45) is 5.11. The van der Waals surface area contributed by atoms with Gasteiger partial charge in [-0.2, -0.15) is 0 Å². The normalized spacial score (nSPS) is 17.1. The Hall–Kier alpha value is -0.960. The minimum atomic E-state index is -0.381. The van der Waals surface area contributed by atoms with E-state index in [-0.39, 0.29) is 17.7 Å². The van der Waals surface area contributed by atoms with Crippen LogP contribution in [0.3, 0.4) is 0 Å². The van der Waals surface area contributed by atoms with Gasteiger partial charge in [-0.05, 0) is 50.4 Å². The van der Waals surface area contributed by atoms with E-state index in [9.17, 15) is 8.78 Å². The van der Waals surface area contributed by atoms with Crippen LogP contribution in [-0.4, -0.2) is 6.54 Å². The zero-order chi connectivity index (χ0) is 12.3. The first-order valence-electron chi connectivity index (χ1n) is 6.35. The molecule has 1 unspecified atom stereocenters. The Morgan fingerprint density at radius 1 is 1.35 bits per heavy atom. The van der Waals surface area contributed by atoms with Gasteiger partial charge in [0.15, 0.2) is 0 Å². The number of hydrogen-bond acceptors (Lipinski definition) is 1. The van der Waals surface area contributed by atoms with Gasteiger partial charge in [-0.25, -0.2) is 8.78 Å². The van der Waals surface area contributed by atoms with E-state index in [2.05, 4.69) is 5.32 Å². The molecule has 0 heterocycles. The summed E-state index contributed by atoms with van der Waals surface area (Å²) in [5.74, 6) is 0.208. The van der Waals surface area contributed by atoms with Crippen LogP contribution in [0.15, 0.2) is 18.2 Å². The highest BCUT2D eigenvalue weighted by Crippen LogP contribution is 2.33. The second-order valence-corrected chi connectivity index (χ2v) is 4.93. The van der Waals surface area contributed by atoms with Gasteiger partial charge in [-0.3, -0.25) is 0 Å². The molecule has 0 amide bonds. The van der Waals surface area contributed by atoms with E-state index >= 15 is 0 Å². The zero-order valence-corrected chi connectivity index (χ0v) is 10.2. The maximum atomic E-state index is 13.5. The molecule has 1 fully saturated rings. The summed E-state index contributed by atoms with van der Waals surface area (Å²) < 4.78 is 26.5. The highest BCUT2D eigenvalue weighted by molar-refractivity contribution is 5.21. The first-order valence-corrected chi connectivity index (χ1v) is 6.35. The van der Waals surface area contributed by atoms with Crippen molar-refractivity contribution in [2.24, 2.45) is 5.92 Å². The fraction of sp³-hybridized carbons (Fsp3) is 0.571. The first-order chi connectivity index (χ1) is 8.16. The molecule has 1 atom stereocenters. The highest BCUT2D eigenvalue weighted by atomic mass is 19.1. The van der Waals surface area contributed by atoms with Gasteiger partial charge < -0.3 is 5.32 Å². The summed E-state index contributed by atoms with van der Waals surface area (Å²) in [5, 5.41) is 3.24. The third-order valence-electron chi connectivity index (χ3n) is 3.36. The second kappa shape index (κ2) is 5.58. The Morgan fingerprint density at radius 3 is 2.82 bits per heavy atom. The molecule has 1 nitrogen and oxygen atoms in total. The van der Waals surface area contributed by atoms with E-state index in [1.54, 1.807) is 0 Å². The molecular formula is C14H19F2N. The lowest BCUT2D eigenvalue weighted by Gasteiger charge is -2.15. The Balaban J connectivity index is 1.80. The third kappa shape index (κ3) is 3.77. The van der Waals surface area contributed by atoms with Crippen molar-refractivity contribution in [3.05, 3.63) is 35.4 Å². The summed E-state index contributed by atoms with van der Waals surface area (Å²) in [4.78, 5) is 0. The molecule has 0 bridgehead atoms. The molecule has 1 aromatic rings. The summed E-state index contributed by atoms with van der Waals surface area (Å²) in [6.45, 7) is 2.74. The molecule has 0 spiro atoms. The zero-order valence-electron chi connectivity index (χ0n) is 10.2. The van der Waals surface area contributed by atoms with Gasteiger partial charge in [0, 0.05) is 11.6 Å². The minimum Gasteiger partial charge on any atom is -0.310 e. The Labute approximate surface area is 101 Å². The maximum Gasteiger partial charge on any atom is 0.128 e. The van der Waals surface area contributed by atoms with Crippen molar-refractivity contribution < 1.29 is 8.78 Å². The van der Waals surface area contributed by atoms with E-state index in [1.807, 2.05) is 6.92 Å². The van der Waals surface area contributed by atoms with Crippen molar-refractivity contribution in [2.75, 3.05) is 6.54 Å². The molecular weight excluding hydrogens is 220 g/mol. The molecule has 17 heavy (non-hydrogen) atoms. The molecule has 1 N–H and O–H groups in total. The lowest BCUT2D eigenvalue weighted by Crippen LogP contribution is -2.21. The lowest BCUT2D eigenvalue weighted by molar-refractivity contribution is 0.501. The van der Waals surface area contributed by atoms with Crippen LogP contribution in [0.5, 0.6) is 0 Å². The third-order valence-corrected chi connectivity index (χ3v) is 3.36. The first kappa shape index (κ1) is 12.5. The SMILES string of the molecule is CC(NCCCC1CC1)c1cc(F)ccc1F. The van der Waals surface area contributed by atoms with Crippen LogP contribution in [0.1, 0.15) is 44.2 Å². The number of benzene rings is 1. The molecule has 0 aromatic heterocycles. The second-order valence-electron chi connectivity index (χ2n) is 4.93. The largest absolute Gasteiger partial charge is 0.310 e. The molecule has 0 saturated heterocycles. The van der Waals surface area contributed by atoms with Crippen molar-refractivity contribution in [1.29, 1.82) is 0 Å². The summed E-state index contributed by atoms with van der Waals surface area (Å²) in [7, 11) is 0. The topological polar surface area (TPSA) is 12.0 Å². The number of nitrogens with one attached hydrogen (secondary N) is 1. The van der Waals surface area contributed by atoms with Gasteiger partial charge >= 0.3 is 0 Å². The quantitative estimate of drug-likeness (QED) is 0.744. The standard InChI is InChI=1S/C14H19F2N/c1-10(17-8-2-3-11-4-5-11)13-9-12(15)6-7-14(13)16/h6-7,9-11,17H,2-5,8H2,1H3. The van der Waals surface area contributed by atoms with Crippen molar-refractivity contribution >= 4 is 0 Å². The van der Waals surface area contributed by atoms with Gasteiger partial charge in [0.25, 0.3) is 0 Å². The van der Waals surface area contributed by atoms with Crippen LogP contribution in [0.4, 0.5) is 8.78 Å². The molecule has 1 saturated carbocycles.